The van der Waals surface area contributed by atoms with Gasteiger partial charge in [0.2, 0.25) is 0 Å². The lowest BCUT2D eigenvalue weighted by Gasteiger charge is -2.36. The van der Waals surface area contributed by atoms with Crippen molar-refractivity contribution in [3.8, 4) is 0 Å². The monoisotopic (exact) mass is 285 g/mol. The van der Waals surface area contributed by atoms with Gasteiger partial charge in [0.1, 0.15) is 0 Å². The molecule has 1 fully saturated rings. The number of rotatable bonds is 9. The van der Waals surface area contributed by atoms with Crippen LogP contribution >= 0.6 is 0 Å². The van der Waals surface area contributed by atoms with E-state index in [4.69, 9.17) is 9.47 Å². The molecule has 118 valence electrons. The van der Waals surface area contributed by atoms with E-state index in [9.17, 15) is 0 Å². The molecule has 0 aromatic heterocycles. The molecule has 5 nitrogen and oxygen atoms in total. The minimum absolute atomic E-state index is 0.225. The molecule has 0 aromatic carbocycles. The molecule has 0 atom stereocenters. The van der Waals surface area contributed by atoms with Crippen LogP contribution in [0.1, 0.15) is 34.1 Å². The lowest BCUT2D eigenvalue weighted by molar-refractivity contribution is -0.0945. The average molecular weight is 285 g/mol. The molecule has 1 rings (SSSR count). The van der Waals surface area contributed by atoms with E-state index in [1.54, 1.807) is 0 Å². The highest BCUT2D eigenvalue weighted by atomic mass is 16.5. The Labute approximate surface area is 123 Å². The second-order valence-corrected chi connectivity index (χ2v) is 6.25. The number of aliphatic imine (C=N–C) groups is 1. The normalized spacial score (nSPS) is 17.9. The van der Waals surface area contributed by atoms with Gasteiger partial charge in [0.05, 0.1) is 19.8 Å². The molecule has 2 N–H and O–H groups in total. The molecule has 0 unspecified atom stereocenters. The smallest absolute Gasteiger partial charge is 0.191 e. The number of ether oxygens (including phenoxy) is 2. The van der Waals surface area contributed by atoms with Crippen LogP contribution in [0, 0.1) is 11.3 Å². The van der Waals surface area contributed by atoms with Crippen molar-refractivity contribution in [1.29, 1.82) is 0 Å². The maximum absolute atomic E-state index is 5.56. The Morgan fingerprint density at radius 3 is 2.65 bits per heavy atom. The van der Waals surface area contributed by atoms with Gasteiger partial charge in [0.25, 0.3) is 0 Å². The Bertz CT molecular complexity index is 289. The third-order valence-corrected chi connectivity index (χ3v) is 3.07. The van der Waals surface area contributed by atoms with Crippen molar-refractivity contribution in [1.82, 2.24) is 10.6 Å². The predicted octanol–water partition coefficient (Wildman–Crippen LogP) is 1.64. The van der Waals surface area contributed by atoms with Gasteiger partial charge in [-0.15, -0.1) is 0 Å². The molecule has 0 bridgehead atoms. The summed E-state index contributed by atoms with van der Waals surface area (Å²) in [7, 11) is 0. The molecule has 0 radical (unpaired) electrons. The van der Waals surface area contributed by atoms with Crippen molar-refractivity contribution >= 4 is 5.96 Å². The van der Waals surface area contributed by atoms with Crippen molar-refractivity contribution < 1.29 is 9.47 Å². The van der Waals surface area contributed by atoms with Crippen LogP contribution in [0.2, 0.25) is 0 Å². The van der Waals surface area contributed by atoms with E-state index in [0.29, 0.717) is 5.92 Å². The quantitative estimate of drug-likeness (QED) is 0.384. The summed E-state index contributed by atoms with van der Waals surface area (Å²) in [6.45, 7) is 14.5. The Hall–Kier alpha value is -0.810. The van der Waals surface area contributed by atoms with Crippen molar-refractivity contribution in [2.24, 2.45) is 16.3 Å². The Kier molecular flexibility index (Phi) is 7.92. The van der Waals surface area contributed by atoms with Gasteiger partial charge in [0, 0.05) is 31.7 Å². The van der Waals surface area contributed by atoms with Gasteiger partial charge < -0.3 is 20.1 Å². The second-order valence-electron chi connectivity index (χ2n) is 6.25. The SMILES string of the molecule is CCNC(=NCC1(C)COC1)NCCCOCC(C)C. The highest BCUT2D eigenvalue weighted by Crippen LogP contribution is 2.26. The zero-order valence-electron chi connectivity index (χ0n) is 13.5. The molecule has 1 aliphatic rings. The third kappa shape index (κ3) is 7.10. The molecule has 0 spiro atoms. The van der Waals surface area contributed by atoms with E-state index >= 15 is 0 Å². The van der Waals surface area contributed by atoms with Gasteiger partial charge in [-0.25, -0.2) is 0 Å². The van der Waals surface area contributed by atoms with Gasteiger partial charge in [-0.3, -0.25) is 4.99 Å². The first kappa shape index (κ1) is 17.2. The first-order valence-corrected chi connectivity index (χ1v) is 7.73. The minimum Gasteiger partial charge on any atom is -0.381 e. The fraction of sp³-hybridized carbons (Fsp3) is 0.933. The molecule has 0 saturated carbocycles. The Balaban J connectivity index is 2.16. The standard InChI is InChI=1S/C15H31N3O2/c1-5-16-14(18-10-15(4)11-20-12-15)17-7-6-8-19-9-13(2)3/h13H,5-12H2,1-4H3,(H2,16,17,18). The summed E-state index contributed by atoms with van der Waals surface area (Å²) in [5, 5.41) is 6.62. The predicted molar refractivity (Wildman–Crippen MR) is 83.2 cm³/mol. The summed E-state index contributed by atoms with van der Waals surface area (Å²) in [6, 6.07) is 0. The Morgan fingerprint density at radius 1 is 1.35 bits per heavy atom. The first-order valence-electron chi connectivity index (χ1n) is 7.73. The molecule has 5 heteroatoms. The topological polar surface area (TPSA) is 54.9 Å². The molecule has 1 aliphatic heterocycles. The van der Waals surface area contributed by atoms with Crippen LogP contribution in [-0.2, 0) is 9.47 Å². The van der Waals surface area contributed by atoms with E-state index in [0.717, 1.165) is 58.4 Å². The highest BCUT2D eigenvalue weighted by molar-refractivity contribution is 5.79. The first-order chi connectivity index (χ1) is 9.56. The van der Waals surface area contributed by atoms with Crippen LogP contribution < -0.4 is 10.6 Å². The number of nitrogens with zero attached hydrogens (tertiary/aromatic N) is 1. The molecular formula is C15H31N3O2. The van der Waals surface area contributed by atoms with Crippen LogP contribution in [0.5, 0.6) is 0 Å². The summed E-state index contributed by atoms with van der Waals surface area (Å²) >= 11 is 0. The van der Waals surface area contributed by atoms with Crippen LogP contribution in [0.25, 0.3) is 0 Å². The molecular weight excluding hydrogens is 254 g/mol. The number of hydrogen-bond donors (Lipinski definition) is 2. The molecule has 1 saturated heterocycles. The largest absolute Gasteiger partial charge is 0.381 e. The van der Waals surface area contributed by atoms with E-state index in [1.165, 1.54) is 0 Å². The molecule has 0 aromatic rings. The number of guanidine groups is 1. The summed E-state index contributed by atoms with van der Waals surface area (Å²) in [6.07, 6.45) is 0.998. The fourth-order valence-electron chi connectivity index (χ4n) is 1.85. The van der Waals surface area contributed by atoms with E-state index in [2.05, 4.69) is 43.3 Å². The fourth-order valence-corrected chi connectivity index (χ4v) is 1.85. The maximum atomic E-state index is 5.56. The molecule has 0 amide bonds. The minimum atomic E-state index is 0.225. The van der Waals surface area contributed by atoms with Gasteiger partial charge >= 0.3 is 0 Å². The van der Waals surface area contributed by atoms with Crippen molar-refractivity contribution in [2.75, 3.05) is 46.1 Å². The summed E-state index contributed by atoms with van der Waals surface area (Å²) in [5.74, 6) is 1.50. The lowest BCUT2D eigenvalue weighted by atomic mass is 9.89. The van der Waals surface area contributed by atoms with Gasteiger partial charge in [-0.1, -0.05) is 20.8 Å². The van der Waals surface area contributed by atoms with Crippen LogP contribution in [0.3, 0.4) is 0 Å². The maximum Gasteiger partial charge on any atom is 0.191 e. The van der Waals surface area contributed by atoms with Crippen molar-refractivity contribution in [3.05, 3.63) is 0 Å². The highest BCUT2D eigenvalue weighted by Gasteiger charge is 2.33. The van der Waals surface area contributed by atoms with Crippen LogP contribution in [0.15, 0.2) is 4.99 Å². The van der Waals surface area contributed by atoms with Crippen LogP contribution in [-0.4, -0.2) is 52.0 Å². The zero-order chi connectivity index (χ0) is 14.8. The van der Waals surface area contributed by atoms with Gasteiger partial charge in [0.15, 0.2) is 5.96 Å². The Morgan fingerprint density at radius 2 is 2.10 bits per heavy atom. The average Bonchev–Trinajstić information content (AvgIpc) is 2.37. The summed E-state index contributed by atoms with van der Waals surface area (Å²) < 4.78 is 10.8. The summed E-state index contributed by atoms with van der Waals surface area (Å²) in [5.41, 5.74) is 0.225. The lowest BCUT2D eigenvalue weighted by Crippen LogP contribution is -2.44. The van der Waals surface area contributed by atoms with Crippen LogP contribution in [0.4, 0.5) is 0 Å². The molecule has 0 aliphatic carbocycles. The zero-order valence-corrected chi connectivity index (χ0v) is 13.5. The van der Waals surface area contributed by atoms with E-state index < -0.39 is 0 Å². The van der Waals surface area contributed by atoms with Gasteiger partial charge in [-0.05, 0) is 19.3 Å². The van der Waals surface area contributed by atoms with Crippen molar-refractivity contribution in [2.45, 2.75) is 34.1 Å². The molecule has 20 heavy (non-hydrogen) atoms. The number of nitrogens with one attached hydrogen (secondary N) is 2. The van der Waals surface area contributed by atoms with Gasteiger partial charge in [-0.2, -0.15) is 0 Å². The number of hydrogen-bond acceptors (Lipinski definition) is 3. The second kappa shape index (κ2) is 9.19. The van der Waals surface area contributed by atoms with Crippen molar-refractivity contribution in [3.63, 3.8) is 0 Å². The van der Waals surface area contributed by atoms with E-state index in [1.807, 2.05) is 0 Å². The molecule has 1 heterocycles. The summed E-state index contributed by atoms with van der Waals surface area (Å²) in [4.78, 5) is 4.63. The third-order valence-electron chi connectivity index (χ3n) is 3.07. The van der Waals surface area contributed by atoms with E-state index in [-0.39, 0.29) is 5.41 Å².